The van der Waals surface area contributed by atoms with Crippen molar-refractivity contribution in [3.8, 4) is 0 Å². The number of carbonyl (C=O) groups is 2. The third-order valence-corrected chi connectivity index (χ3v) is 7.59. The Hall–Kier alpha value is -1.07. The number of ether oxygens (including phenoxy) is 3. The third-order valence-electron chi connectivity index (χ3n) is 3.56. The average molecular weight is 585 g/mol. The topological polar surface area (TPSA) is 153 Å². The van der Waals surface area contributed by atoms with Crippen LogP contribution in [-0.2, 0) is 51.0 Å². The number of alkyl halides is 1. The smallest absolute Gasteiger partial charge is 0.335 e. The van der Waals surface area contributed by atoms with Gasteiger partial charge >= 0.3 is 27.1 Å². The van der Waals surface area contributed by atoms with Crippen molar-refractivity contribution in [2.45, 2.75) is 21.3 Å². The number of aliphatic hydroxyl groups is 1. The minimum Gasteiger partial charge on any atom is -0.463 e. The first-order valence-electron chi connectivity index (χ1n) is 10.2. The first-order valence-corrected chi connectivity index (χ1v) is 14.2. The van der Waals surface area contributed by atoms with E-state index in [4.69, 9.17) is 35.2 Å². The Morgan fingerprint density at radius 1 is 0.806 bits per heavy atom. The van der Waals surface area contributed by atoms with Gasteiger partial charge in [-0.15, -0.1) is 11.6 Å². The highest BCUT2D eigenvalue weighted by Gasteiger charge is 2.20. The van der Waals surface area contributed by atoms with Gasteiger partial charge in [0.05, 0.1) is 56.8 Å². The van der Waals surface area contributed by atoms with Gasteiger partial charge in [0.2, 0.25) is 0 Å². The molecule has 216 valence electrons. The summed E-state index contributed by atoms with van der Waals surface area (Å²) < 4.78 is 55.4. The van der Waals surface area contributed by atoms with Crippen LogP contribution in [0.3, 0.4) is 0 Å². The number of rotatable bonds is 16. The number of hydrogen-bond acceptors (Lipinski definition) is 12. The minimum atomic E-state index is -3.05. The fraction of sp³-hybridized carbons (Fsp3) is 0.714. The van der Waals surface area contributed by atoms with E-state index < -0.39 is 27.1 Å². The van der Waals surface area contributed by atoms with Crippen LogP contribution in [0, 0.1) is 0 Å². The average Bonchev–Trinajstić information content (AvgIpc) is 2.86. The fourth-order valence-corrected chi connectivity index (χ4v) is 3.32. The molecule has 12 nitrogen and oxygen atoms in total. The standard InChI is InChI=1S/C10H19O6P.C6H9ClO2.C4H11O4P.CH4/c1-5-16-10(11)9(2)8-15-6-7-17(12,13-3)14-4;1-3-9-6(8)5(2)4-7;1-7-9(6,8-2)4-3-5;/h2,5-8H2,1,3-4H3;2-4H2,1H3;5H,3-4H2,1-2H3;1H4. The molecular weight excluding hydrogens is 542 g/mol. The molecule has 36 heavy (non-hydrogen) atoms. The lowest BCUT2D eigenvalue weighted by molar-refractivity contribution is -0.139. The highest BCUT2D eigenvalue weighted by Crippen LogP contribution is 2.46. The predicted molar refractivity (Wildman–Crippen MR) is 140 cm³/mol. The van der Waals surface area contributed by atoms with E-state index >= 15 is 0 Å². The lowest BCUT2D eigenvalue weighted by Gasteiger charge is -2.13. The zero-order chi connectivity index (χ0) is 27.9. The van der Waals surface area contributed by atoms with Crippen LogP contribution in [0.5, 0.6) is 0 Å². The molecule has 0 aromatic heterocycles. The first kappa shape index (κ1) is 42.0. The Morgan fingerprint density at radius 3 is 1.50 bits per heavy atom. The Morgan fingerprint density at radius 2 is 1.19 bits per heavy atom. The van der Waals surface area contributed by atoms with Crippen LogP contribution in [0.1, 0.15) is 21.3 Å². The molecule has 1 N–H and O–H groups in total. The molecule has 0 fully saturated rings. The molecule has 0 saturated carbocycles. The van der Waals surface area contributed by atoms with Crippen molar-refractivity contribution in [3.63, 3.8) is 0 Å². The maximum atomic E-state index is 11.6. The fourth-order valence-electron chi connectivity index (χ4n) is 1.59. The van der Waals surface area contributed by atoms with Gasteiger partial charge in [-0.1, -0.05) is 20.6 Å². The maximum absolute atomic E-state index is 11.6. The molecule has 0 bridgehead atoms. The van der Waals surface area contributed by atoms with Gasteiger partial charge in [0.25, 0.3) is 0 Å². The van der Waals surface area contributed by atoms with E-state index in [2.05, 4.69) is 26.9 Å². The molecule has 0 aliphatic heterocycles. The Bertz CT molecular complexity index is 699. The number of halogens is 1. The van der Waals surface area contributed by atoms with Crippen molar-refractivity contribution in [1.82, 2.24) is 0 Å². The van der Waals surface area contributed by atoms with Crippen LogP contribution in [0.25, 0.3) is 0 Å². The largest absolute Gasteiger partial charge is 0.463 e. The molecule has 0 unspecified atom stereocenters. The van der Waals surface area contributed by atoms with Crippen molar-refractivity contribution >= 4 is 38.7 Å². The lowest BCUT2D eigenvalue weighted by Crippen LogP contribution is -2.13. The molecule has 0 amide bonds. The Kier molecular flexibility index (Phi) is 29.9. The summed E-state index contributed by atoms with van der Waals surface area (Å²) in [4.78, 5) is 21.7. The summed E-state index contributed by atoms with van der Waals surface area (Å²) in [6.45, 7) is 11.0. The SMILES string of the molecule is C.C=C(CCl)C(=O)OCC.C=C(COCCP(=O)(OC)OC)C(=O)OCC.COP(=O)(CCO)OC. The van der Waals surface area contributed by atoms with E-state index in [1.807, 2.05) is 0 Å². The van der Waals surface area contributed by atoms with Gasteiger partial charge < -0.3 is 37.4 Å². The van der Waals surface area contributed by atoms with Crippen molar-refractivity contribution in [1.29, 1.82) is 0 Å². The molecule has 0 aromatic carbocycles. The summed E-state index contributed by atoms with van der Waals surface area (Å²) >= 11 is 5.28. The lowest BCUT2D eigenvalue weighted by atomic mass is 10.3. The summed E-state index contributed by atoms with van der Waals surface area (Å²) in [5, 5.41) is 8.33. The van der Waals surface area contributed by atoms with E-state index in [1.165, 1.54) is 28.4 Å². The monoisotopic (exact) mass is 584 g/mol. The van der Waals surface area contributed by atoms with Gasteiger partial charge in [-0.3, -0.25) is 9.13 Å². The highest BCUT2D eigenvalue weighted by molar-refractivity contribution is 7.54. The molecular formula is C21H43ClO12P2. The molecule has 0 radical (unpaired) electrons. The first-order chi connectivity index (χ1) is 16.4. The number of aliphatic hydroxyl groups excluding tert-OH is 1. The molecule has 0 atom stereocenters. The molecule has 0 spiro atoms. The van der Waals surface area contributed by atoms with Crippen molar-refractivity contribution in [2.75, 3.05) is 79.7 Å². The van der Waals surface area contributed by atoms with Gasteiger partial charge in [-0.05, 0) is 13.8 Å². The van der Waals surface area contributed by atoms with Crippen LogP contribution >= 0.6 is 26.8 Å². The van der Waals surface area contributed by atoms with E-state index in [0.29, 0.717) is 18.8 Å². The molecule has 0 aliphatic carbocycles. The summed E-state index contributed by atoms with van der Waals surface area (Å²) in [7, 11) is -0.782. The number of carbonyl (C=O) groups excluding carboxylic acids is 2. The second-order valence-electron chi connectivity index (χ2n) is 5.96. The van der Waals surface area contributed by atoms with Gasteiger partial charge in [0, 0.05) is 34.0 Å². The van der Waals surface area contributed by atoms with Crippen LogP contribution in [0.15, 0.2) is 24.3 Å². The van der Waals surface area contributed by atoms with Crippen LogP contribution in [0.2, 0.25) is 0 Å². The van der Waals surface area contributed by atoms with Crippen LogP contribution in [0.4, 0.5) is 0 Å². The minimum absolute atomic E-state index is 0. The summed E-state index contributed by atoms with van der Waals surface area (Å²) in [6, 6.07) is 0. The van der Waals surface area contributed by atoms with Crippen LogP contribution < -0.4 is 0 Å². The normalized spacial score (nSPS) is 10.4. The quantitative estimate of drug-likeness (QED) is 0.0915. The summed E-state index contributed by atoms with van der Waals surface area (Å²) in [5.74, 6) is -0.764. The van der Waals surface area contributed by atoms with Crippen molar-refractivity contribution in [2.24, 2.45) is 0 Å². The third kappa shape index (κ3) is 22.2. The number of esters is 2. The zero-order valence-electron chi connectivity index (χ0n) is 21.3. The molecule has 0 aromatic rings. The van der Waals surface area contributed by atoms with E-state index in [9.17, 15) is 18.7 Å². The Labute approximate surface area is 220 Å². The van der Waals surface area contributed by atoms with Crippen molar-refractivity contribution in [3.05, 3.63) is 24.3 Å². The van der Waals surface area contributed by atoms with Gasteiger partial charge in [0.1, 0.15) is 0 Å². The van der Waals surface area contributed by atoms with Gasteiger partial charge in [0.15, 0.2) is 0 Å². The molecule has 0 rings (SSSR count). The second-order valence-corrected chi connectivity index (χ2v) is 11.0. The maximum Gasteiger partial charge on any atom is 0.335 e. The van der Waals surface area contributed by atoms with Gasteiger partial charge in [-0.25, -0.2) is 9.59 Å². The van der Waals surface area contributed by atoms with E-state index in [1.54, 1.807) is 13.8 Å². The molecule has 0 saturated heterocycles. The second kappa shape index (κ2) is 25.6. The Balaban J connectivity index is -0.000000230. The number of hydrogen-bond donors (Lipinski definition) is 1. The molecule has 15 heteroatoms. The van der Waals surface area contributed by atoms with Crippen LogP contribution in [-0.4, -0.2) is 96.7 Å². The zero-order valence-corrected chi connectivity index (χ0v) is 23.8. The summed E-state index contributed by atoms with van der Waals surface area (Å²) in [6.07, 6.45) is 0.177. The van der Waals surface area contributed by atoms with E-state index in [0.717, 1.165) is 0 Å². The highest BCUT2D eigenvalue weighted by atomic mass is 35.5. The van der Waals surface area contributed by atoms with Crippen molar-refractivity contribution < 1.29 is 56.1 Å². The predicted octanol–water partition coefficient (Wildman–Crippen LogP) is 4.05. The van der Waals surface area contributed by atoms with E-state index in [-0.39, 0.29) is 51.0 Å². The molecule has 0 heterocycles. The van der Waals surface area contributed by atoms with Gasteiger partial charge in [-0.2, -0.15) is 0 Å². The molecule has 0 aliphatic rings. The summed E-state index contributed by atoms with van der Waals surface area (Å²) in [5.41, 5.74) is 0.523.